The molecule has 0 aromatic heterocycles. The summed E-state index contributed by atoms with van der Waals surface area (Å²) in [5.41, 5.74) is 0.234. The van der Waals surface area contributed by atoms with E-state index < -0.39 is 10.9 Å². The van der Waals surface area contributed by atoms with Crippen molar-refractivity contribution >= 4 is 11.7 Å². The average Bonchev–Trinajstić information content (AvgIpc) is 2.54. The third-order valence-electron chi connectivity index (χ3n) is 3.05. The smallest absolute Gasteiger partial charge is 0.315 e. The van der Waals surface area contributed by atoms with Gasteiger partial charge >= 0.3 is 5.97 Å². The fourth-order valence-corrected chi connectivity index (χ4v) is 1.99. The Kier molecular flexibility index (Phi) is 5.68. The second-order valence-electron chi connectivity index (χ2n) is 4.86. The zero-order chi connectivity index (χ0) is 16.7. The van der Waals surface area contributed by atoms with Crippen LogP contribution in [0.3, 0.4) is 0 Å². The molecule has 23 heavy (non-hydrogen) atoms. The number of para-hydroxylation sites is 1. The first-order valence-corrected chi connectivity index (χ1v) is 7.26. The number of carbonyl (C=O) groups is 1. The molecule has 0 radical (unpaired) electrons. The number of esters is 1. The number of hydrogen-bond acceptors (Lipinski definition) is 5. The Morgan fingerprint density at radius 2 is 1.74 bits per heavy atom. The van der Waals surface area contributed by atoms with Gasteiger partial charge in [-0.05, 0) is 30.7 Å². The average molecular weight is 315 g/mol. The number of nitro groups is 1. The third-order valence-corrected chi connectivity index (χ3v) is 3.05. The molecule has 2 rings (SSSR count). The van der Waals surface area contributed by atoms with Gasteiger partial charge in [-0.2, -0.15) is 0 Å². The van der Waals surface area contributed by atoms with Crippen molar-refractivity contribution in [3.63, 3.8) is 0 Å². The molecule has 0 unspecified atom stereocenters. The Bertz CT molecular complexity index is 682. The molecule has 0 heterocycles. The van der Waals surface area contributed by atoms with Crippen molar-refractivity contribution in [2.75, 3.05) is 6.61 Å². The SMILES string of the molecule is CCCOc1ccc(OC(=O)Cc2ccccc2[N+](=O)[O-])cc1. The van der Waals surface area contributed by atoms with Gasteiger partial charge < -0.3 is 9.47 Å². The molecule has 0 aliphatic heterocycles. The van der Waals surface area contributed by atoms with Crippen molar-refractivity contribution in [2.45, 2.75) is 19.8 Å². The van der Waals surface area contributed by atoms with Crippen LogP contribution in [0.4, 0.5) is 5.69 Å². The molecule has 6 nitrogen and oxygen atoms in total. The minimum Gasteiger partial charge on any atom is -0.494 e. The lowest BCUT2D eigenvalue weighted by atomic mass is 10.1. The van der Waals surface area contributed by atoms with Crippen LogP contribution in [-0.4, -0.2) is 17.5 Å². The first kappa shape index (κ1) is 16.5. The highest BCUT2D eigenvalue weighted by Gasteiger charge is 2.16. The van der Waals surface area contributed by atoms with Gasteiger partial charge in [0.25, 0.3) is 5.69 Å². The molecule has 0 saturated heterocycles. The van der Waals surface area contributed by atoms with Gasteiger partial charge in [-0.1, -0.05) is 25.1 Å². The van der Waals surface area contributed by atoms with Crippen LogP contribution in [0.5, 0.6) is 11.5 Å². The van der Waals surface area contributed by atoms with Crippen molar-refractivity contribution < 1.29 is 19.2 Å². The lowest BCUT2D eigenvalue weighted by molar-refractivity contribution is -0.385. The van der Waals surface area contributed by atoms with Crippen LogP contribution in [0.25, 0.3) is 0 Å². The predicted octanol–water partition coefficient (Wildman–Crippen LogP) is 3.53. The highest BCUT2D eigenvalue weighted by atomic mass is 16.6. The monoisotopic (exact) mass is 315 g/mol. The normalized spacial score (nSPS) is 10.1. The number of nitro benzene ring substituents is 1. The van der Waals surface area contributed by atoms with Crippen molar-refractivity contribution in [1.29, 1.82) is 0 Å². The van der Waals surface area contributed by atoms with Gasteiger partial charge in [0.1, 0.15) is 11.5 Å². The molecular formula is C17H17NO5. The van der Waals surface area contributed by atoms with Crippen LogP contribution in [0, 0.1) is 10.1 Å². The number of nitrogens with zero attached hydrogens (tertiary/aromatic N) is 1. The predicted molar refractivity (Wildman–Crippen MR) is 84.7 cm³/mol. The molecule has 0 N–H and O–H groups in total. The number of ether oxygens (including phenoxy) is 2. The summed E-state index contributed by atoms with van der Waals surface area (Å²) in [7, 11) is 0. The standard InChI is InChI=1S/C17H17NO5/c1-2-11-22-14-7-9-15(10-8-14)23-17(19)12-13-5-3-4-6-16(13)18(20)21/h3-10H,2,11-12H2,1H3. The zero-order valence-corrected chi connectivity index (χ0v) is 12.7. The Morgan fingerprint density at radius 3 is 2.39 bits per heavy atom. The van der Waals surface area contributed by atoms with Gasteiger partial charge in [0.2, 0.25) is 0 Å². The van der Waals surface area contributed by atoms with Gasteiger partial charge in [0.15, 0.2) is 0 Å². The van der Waals surface area contributed by atoms with E-state index in [1.54, 1.807) is 42.5 Å². The fraction of sp³-hybridized carbons (Fsp3) is 0.235. The molecule has 0 bridgehead atoms. The fourth-order valence-electron chi connectivity index (χ4n) is 1.99. The summed E-state index contributed by atoms with van der Waals surface area (Å²) < 4.78 is 10.6. The van der Waals surface area contributed by atoms with E-state index >= 15 is 0 Å². The number of hydrogen-bond donors (Lipinski definition) is 0. The maximum Gasteiger partial charge on any atom is 0.315 e. The largest absolute Gasteiger partial charge is 0.494 e. The van der Waals surface area contributed by atoms with E-state index in [1.807, 2.05) is 6.92 Å². The van der Waals surface area contributed by atoms with E-state index in [-0.39, 0.29) is 12.1 Å². The summed E-state index contributed by atoms with van der Waals surface area (Å²) >= 11 is 0. The van der Waals surface area contributed by atoms with Gasteiger partial charge in [0, 0.05) is 11.6 Å². The quantitative estimate of drug-likeness (QED) is 0.338. The number of carbonyl (C=O) groups excluding carboxylic acids is 1. The first-order valence-electron chi connectivity index (χ1n) is 7.26. The summed E-state index contributed by atoms with van der Waals surface area (Å²) in [6, 6.07) is 12.8. The highest BCUT2D eigenvalue weighted by molar-refractivity contribution is 5.76. The summed E-state index contributed by atoms with van der Waals surface area (Å²) in [5.74, 6) is 0.518. The van der Waals surface area contributed by atoms with Gasteiger partial charge in [0.05, 0.1) is 18.0 Å². The van der Waals surface area contributed by atoms with Gasteiger partial charge in [-0.15, -0.1) is 0 Å². The lowest BCUT2D eigenvalue weighted by Gasteiger charge is -2.07. The summed E-state index contributed by atoms with van der Waals surface area (Å²) in [4.78, 5) is 22.4. The molecule has 120 valence electrons. The van der Waals surface area contributed by atoms with Crippen LogP contribution in [0.1, 0.15) is 18.9 Å². The van der Waals surface area contributed by atoms with E-state index in [0.717, 1.165) is 6.42 Å². The van der Waals surface area contributed by atoms with E-state index in [1.165, 1.54) is 6.07 Å². The van der Waals surface area contributed by atoms with E-state index in [2.05, 4.69) is 0 Å². The highest BCUT2D eigenvalue weighted by Crippen LogP contribution is 2.21. The van der Waals surface area contributed by atoms with E-state index in [4.69, 9.17) is 9.47 Å². The Balaban J connectivity index is 1.98. The van der Waals surface area contributed by atoms with Crippen molar-refractivity contribution in [1.82, 2.24) is 0 Å². The Labute approximate surface area is 133 Å². The second kappa shape index (κ2) is 7.93. The first-order chi connectivity index (χ1) is 11.1. The van der Waals surface area contributed by atoms with Crippen LogP contribution in [0.2, 0.25) is 0 Å². The summed E-state index contributed by atoms with van der Waals surface area (Å²) in [6.07, 6.45) is 0.748. The Morgan fingerprint density at radius 1 is 1.09 bits per heavy atom. The molecule has 0 saturated carbocycles. The molecule has 6 heteroatoms. The molecule has 0 atom stereocenters. The van der Waals surface area contributed by atoms with E-state index in [0.29, 0.717) is 23.7 Å². The zero-order valence-electron chi connectivity index (χ0n) is 12.7. The molecule has 0 fully saturated rings. The van der Waals surface area contributed by atoms with Gasteiger partial charge in [-0.25, -0.2) is 0 Å². The topological polar surface area (TPSA) is 78.7 Å². The molecule has 2 aromatic rings. The molecular weight excluding hydrogens is 298 g/mol. The van der Waals surface area contributed by atoms with Crippen molar-refractivity contribution in [3.8, 4) is 11.5 Å². The van der Waals surface area contributed by atoms with E-state index in [9.17, 15) is 14.9 Å². The maximum absolute atomic E-state index is 11.9. The minimum atomic E-state index is -0.554. The molecule has 0 amide bonds. The lowest BCUT2D eigenvalue weighted by Crippen LogP contribution is -2.12. The van der Waals surface area contributed by atoms with Gasteiger partial charge in [-0.3, -0.25) is 14.9 Å². The van der Waals surface area contributed by atoms with Crippen molar-refractivity contribution in [3.05, 3.63) is 64.2 Å². The summed E-state index contributed by atoms with van der Waals surface area (Å²) in [5, 5.41) is 10.9. The third kappa shape index (κ3) is 4.81. The Hall–Kier alpha value is -2.89. The second-order valence-corrected chi connectivity index (χ2v) is 4.86. The molecule has 2 aromatic carbocycles. The number of benzene rings is 2. The minimum absolute atomic E-state index is 0.0900. The summed E-state index contributed by atoms with van der Waals surface area (Å²) in [6.45, 7) is 2.63. The van der Waals surface area contributed by atoms with Crippen molar-refractivity contribution in [2.24, 2.45) is 0 Å². The molecule has 0 aliphatic rings. The maximum atomic E-state index is 11.9. The molecule has 0 spiro atoms. The molecule has 0 aliphatic carbocycles. The number of rotatable bonds is 7. The van der Waals surface area contributed by atoms with Crippen LogP contribution in [0.15, 0.2) is 48.5 Å². The van der Waals surface area contributed by atoms with Crippen LogP contribution < -0.4 is 9.47 Å². The van der Waals surface area contributed by atoms with Crippen LogP contribution >= 0.6 is 0 Å². The van der Waals surface area contributed by atoms with Crippen LogP contribution in [-0.2, 0) is 11.2 Å².